The number of hydrogen-bond donors (Lipinski definition) is 1. The first kappa shape index (κ1) is 13.2. The van der Waals surface area contributed by atoms with Gasteiger partial charge in [-0.05, 0) is 37.6 Å². The average molecular weight is 283 g/mol. The van der Waals surface area contributed by atoms with Crippen molar-refractivity contribution in [2.24, 2.45) is 5.73 Å². The van der Waals surface area contributed by atoms with E-state index in [9.17, 15) is 0 Å². The van der Waals surface area contributed by atoms with Gasteiger partial charge in [-0.15, -0.1) is 11.3 Å². The van der Waals surface area contributed by atoms with Crippen molar-refractivity contribution in [3.63, 3.8) is 0 Å². The molecular formula is C16H17N3S. The van der Waals surface area contributed by atoms with Crippen molar-refractivity contribution in [1.82, 2.24) is 9.97 Å². The molecule has 2 aromatic heterocycles. The minimum atomic E-state index is -0.0257. The van der Waals surface area contributed by atoms with Gasteiger partial charge in [0.2, 0.25) is 0 Å². The zero-order valence-electron chi connectivity index (χ0n) is 11.6. The number of aromatic nitrogens is 2. The van der Waals surface area contributed by atoms with Gasteiger partial charge in [-0.1, -0.05) is 12.1 Å². The maximum absolute atomic E-state index is 6.30. The molecule has 20 heavy (non-hydrogen) atoms. The fourth-order valence-corrected chi connectivity index (χ4v) is 2.95. The van der Waals surface area contributed by atoms with Crippen LogP contribution in [0.25, 0.3) is 10.9 Å². The van der Waals surface area contributed by atoms with E-state index in [-0.39, 0.29) is 6.04 Å². The van der Waals surface area contributed by atoms with Crippen molar-refractivity contribution < 1.29 is 0 Å². The van der Waals surface area contributed by atoms with Crippen molar-refractivity contribution in [1.29, 1.82) is 0 Å². The highest BCUT2D eigenvalue weighted by molar-refractivity contribution is 7.09. The number of rotatable bonds is 3. The van der Waals surface area contributed by atoms with Gasteiger partial charge in [0.1, 0.15) is 0 Å². The van der Waals surface area contributed by atoms with E-state index in [4.69, 9.17) is 5.73 Å². The third-order valence-electron chi connectivity index (χ3n) is 3.38. The average Bonchev–Trinajstić information content (AvgIpc) is 2.83. The predicted octanol–water partition coefficient (Wildman–Crippen LogP) is 3.55. The number of hydrogen-bond acceptors (Lipinski definition) is 4. The fraction of sp³-hybridized carbons (Fsp3) is 0.250. The second kappa shape index (κ2) is 5.31. The highest BCUT2D eigenvalue weighted by atomic mass is 32.1. The topological polar surface area (TPSA) is 51.8 Å². The number of benzene rings is 1. The molecule has 3 nitrogen and oxygen atoms in total. The molecule has 0 radical (unpaired) electrons. The minimum Gasteiger partial charge on any atom is -0.324 e. The van der Waals surface area contributed by atoms with E-state index < -0.39 is 0 Å². The summed E-state index contributed by atoms with van der Waals surface area (Å²) < 4.78 is 0. The summed E-state index contributed by atoms with van der Waals surface area (Å²) in [6.45, 7) is 4.02. The maximum Gasteiger partial charge on any atom is 0.0897 e. The molecule has 1 aromatic carbocycles. The van der Waals surface area contributed by atoms with Crippen LogP contribution in [0, 0.1) is 13.8 Å². The molecule has 3 rings (SSSR count). The van der Waals surface area contributed by atoms with Crippen LogP contribution in [0.5, 0.6) is 0 Å². The van der Waals surface area contributed by atoms with Crippen LogP contribution in [-0.2, 0) is 6.42 Å². The van der Waals surface area contributed by atoms with Crippen molar-refractivity contribution in [2.45, 2.75) is 26.3 Å². The molecule has 1 unspecified atom stereocenters. The second-order valence-corrected chi connectivity index (χ2v) is 6.14. The Balaban J connectivity index is 1.87. The fourth-order valence-electron chi connectivity index (χ4n) is 2.32. The molecule has 2 heterocycles. The summed E-state index contributed by atoms with van der Waals surface area (Å²) in [5, 5.41) is 4.31. The second-order valence-electron chi connectivity index (χ2n) is 5.07. The zero-order chi connectivity index (χ0) is 14.1. The van der Waals surface area contributed by atoms with Gasteiger partial charge in [0.15, 0.2) is 0 Å². The molecule has 0 bridgehead atoms. The van der Waals surface area contributed by atoms with E-state index in [2.05, 4.69) is 33.5 Å². The Morgan fingerprint density at radius 3 is 2.75 bits per heavy atom. The quantitative estimate of drug-likeness (QED) is 0.799. The first-order valence-corrected chi connectivity index (χ1v) is 7.54. The Morgan fingerprint density at radius 1 is 1.15 bits per heavy atom. The van der Waals surface area contributed by atoms with Gasteiger partial charge >= 0.3 is 0 Å². The Morgan fingerprint density at radius 2 is 2.00 bits per heavy atom. The normalized spacial score (nSPS) is 12.8. The molecule has 0 saturated carbocycles. The van der Waals surface area contributed by atoms with E-state index in [0.717, 1.165) is 39.3 Å². The molecule has 0 spiro atoms. The monoisotopic (exact) mass is 283 g/mol. The largest absolute Gasteiger partial charge is 0.324 e. The molecule has 0 aliphatic rings. The Kier molecular flexibility index (Phi) is 3.51. The van der Waals surface area contributed by atoms with Gasteiger partial charge < -0.3 is 5.73 Å². The summed E-state index contributed by atoms with van der Waals surface area (Å²) in [6.07, 6.45) is 0.773. The molecule has 102 valence electrons. The summed E-state index contributed by atoms with van der Waals surface area (Å²) in [5.74, 6) is 0. The molecular weight excluding hydrogens is 266 g/mol. The molecule has 0 aliphatic carbocycles. The minimum absolute atomic E-state index is 0.0257. The first-order chi connectivity index (χ1) is 9.61. The third kappa shape index (κ3) is 2.71. The summed E-state index contributed by atoms with van der Waals surface area (Å²) in [4.78, 5) is 8.99. The summed E-state index contributed by atoms with van der Waals surface area (Å²) >= 11 is 1.67. The van der Waals surface area contributed by atoms with Crippen LogP contribution in [-0.4, -0.2) is 9.97 Å². The summed E-state index contributed by atoms with van der Waals surface area (Å²) in [7, 11) is 0. The molecule has 0 amide bonds. The van der Waals surface area contributed by atoms with Crippen LogP contribution >= 0.6 is 11.3 Å². The van der Waals surface area contributed by atoms with E-state index in [0.29, 0.717) is 0 Å². The van der Waals surface area contributed by atoms with Crippen molar-refractivity contribution in [3.05, 3.63) is 57.7 Å². The lowest BCUT2D eigenvalue weighted by molar-refractivity contribution is 0.710. The van der Waals surface area contributed by atoms with Crippen molar-refractivity contribution >= 4 is 22.2 Å². The summed E-state index contributed by atoms with van der Waals surface area (Å²) in [6, 6.07) is 10.3. The van der Waals surface area contributed by atoms with E-state index in [1.807, 2.05) is 26.0 Å². The number of pyridine rings is 1. The van der Waals surface area contributed by atoms with E-state index >= 15 is 0 Å². The van der Waals surface area contributed by atoms with Crippen LogP contribution < -0.4 is 5.73 Å². The summed E-state index contributed by atoms with van der Waals surface area (Å²) in [5.41, 5.74) is 10.6. The Bertz CT molecular complexity index is 748. The van der Waals surface area contributed by atoms with Gasteiger partial charge in [-0.25, -0.2) is 4.98 Å². The van der Waals surface area contributed by atoms with Gasteiger partial charge in [0.25, 0.3) is 0 Å². The Labute approximate surface area is 122 Å². The van der Waals surface area contributed by atoms with E-state index in [1.165, 1.54) is 0 Å². The molecule has 0 fully saturated rings. The lowest BCUT2D eigenvalue weighted by Gasteiger charge is -2.11. The van der Waals surface area contributed by atoms with Crippen molar-refractivity contribution in [2.75, 3.05) is 0 Å². The Hall–Kier alpha value is -1.78. The molecule has 1 atom stereocenters. The molecule has 2 N–H and O–H groups in total. The van der Waals surface area contributed by atoms with Crippen LogP contribution in [0.15, 0.2) is 35.7 Å². The highest BCUT2D eigenvalue weighted by Gasteiger charge is 2.10. The first-order valence-electron chi connectivity index (χ1n) is 6.66. The maximum atomic E-state index is 6.30. The lowest BCUT2D eigenvalue weighted by Crippen LogP contribution is -2.13. The highest BCUT2D eigenvalue weighted by Crippen LogP contribution is 2.21. The molecule has 3 aromatic rings. The van der Waals surface area contributed by atoms with Gasteiger partial charge in [0.05, 0.1) is 16.2 Å². The van der Waals surface area contributed by atoms with Crippen LogP contribution in [0.1, 0.15) is 28.0 Å². The van der Waals surface area contributed by atoms with Crippen LogP contribution in [0.4, 0.5) is 0 Å². The van der Waals surface area contributed by atoms with Crippen LogP contribution in [0.3, 0.4) is 0 Å². The van der Waals surface area contributed by atoms with E-state index in [1.54, 1.807) is 11.3 Å². The number of nitrogens with zero attached hydrogens (tertiary/aromatic N) is 2. The van der Waals surface area contributed by atoms with Crippen molar-refractivity contribution in [3.8, 4) is 0 Å². The number of aryl methyl sites for hydroxylation is 2. The third-order valence-corrected chi connectivity index (χ3v) is 4.20. The van der Waals surface area contributed by atoms with Gasteiger partial charge in [-0.2, -0.15) is 0 Å². The van der Waals surface area contributed by atoms with Gasteiger partial charge in [0, 0.05) is 28.9 Å². The number of nitrogens with two attached hydrogens (primary N) is 1. The smallest absolute Gasteiger partial charge is 0.0897 e. The zero-order valence-corrected chi connectivity index (χ0v) is 12.4. The molecule has 0 aliphatic heterocycles. The predicted molar refractivity (Wildman–Crippen MR) is 84.0 cm³/mol. The van der Waals surface area contributed by atoms with Crippen LogP contribution in [0.2, 0.25) is 0 Å². The van der Waals surface area contributed by atoms with Gasteiger partial charge in [-0.3, -0.25) is 4.98 Å². The number of fused-ring (bicyclic) bond motifs is 1. The number of thiazole rings is 1. The molecule has 0 saturated heterocycles. The lowest BCUT2D eigenvalue weighted by atomic mass is 10.0. The molecule has 4 heteroatoms. The standard InChI is InChI=1S/C16H17N3S/c1-10-3-4-13-7-12(5-6-16(13)18-10)15(17)8-14-9-20-11(2)19-14/h3-7,9,15H,8,17H2,1-2H3. The SMILES string of the molecule is Cc1ccc2cc(C(N)Cc3csc(C)n3)ccc2n1.